The van der Waals surface area contributed by atoms with Gasteiger partial charge < -0.3 is 5.32 Å². The predicted octanol–water partition coefficient (Wildman–Crippen LogP) is 2.75. The first kappa shape index (κ1) is 12.9. The molecule has 0 saturated carbocycles. The van der Waals surface area contributed by atoms with E-state index in [2.05, 4.69) is 60.6 Å². The van der Waals surface area contributed by atoms with Crippen molar-refractivity contribution in [1.29, 1.82) is 0 Å². The number of nitrogens with zero attached hydrogens (tertiary/aromatic N) is 1. The molecule has 2 N–H and O–H groups in total. The van der Waals surface area contributed by atoms with Crippen LogP contribution in [0.3, 0.4) is 0 Å². The van der Waals surface area contributed by atoms with Crippen LogP contribution in [0.15, 0.2) is 24.3 Å². The van der Waals surface area contributed by atoms with Gasteiger partial charge in [0.2, 0.25) is 0 Å². The fourth-order valence-corrected chi connectivity index (χ4v) is 2.72. The summed E-state index contributed by atoms with van der Waals surface area (Å²) in [6.07, 6.45) is 0.902. The lowest BCUT2D eigenvalue weighted by Crippen LogP contribution is -2.21. The highest BCUT2D eigenvalue weighted by atomic mass is 16.2. The van der Waals surface area contributed by atoms with Crippen molar-refractivity contribution in [1.82, 2.24) is 15.5 Å². The van der Waals surface area contributed by atoms with Gasteiger partial charge in [-0.05, 0) is 24.8 Å². The Morgan fingerprint density at radius 2 is 1.95 bits per heavy atom. The molecule has 1 aliphatic rings. The molecular formula is C16H19N3O. The second kappa shape index (κ2) is 4.78. The summed E-state index contributed by atoms with van der Waals surface area (Å²) in [5.41, 5.74) is 4.96. The Labute approximate surface area is 118 Å². The van der Waals surface area contributed by atoms with E-state index in [0.717, 1.165) is 23.2 Å². The van der Waals surface area contributed by atoms with E-state index in [4.69, 9.17) is 0 Å². The first-order valence-corrected chi connectivity index (χ1v) is 7.01. The number of benzene rings is 1. The van der Waals surface area contributed by atoms with Crippen LogP contribution in [-0.2, 0) is 6.42 Å². The minimum atomic E-state index is -0.0863. The molecule has 1 unspecified atom stereocenters. The lowest BCUT2D eigenvalue weighted by molar-refractivity contribution is 0.0955. The smallest absolute Gasteiger partial charge is 0.272 e. The van der Waals surface area contributed by atoms with Crippen LogP contribution in [-0.4, -0.2) is 16.1 Å². The monoisotopic (exact) mass is 269 g/mol. The Hall–Kier alpha value is -2.10. The number of hydrogen-bond acceptors (Lipinski definition) is 2. The van der Waals surface area contributed by atoms with E-state index in [-0.39, 0.29) is 11.9 Å². The number of aromatic nitrogens is 2. The number of fused-ring (bicyclic) bond motifs is 1. The first-order valence-electron chi connectivity index (χ1n) is 7.01. The molecule has 0 aliphatic carbocycles. The highest BCUT2D eigenvalue weighted by molar-refractivity contribution is 5.98. The van der Waals surface area contributed by atoms with Crippen molar-refractivity contribution in [2.45, 2.75) is 33.2 Å². The molecule has 0 spiro atoms. The topological polar surface area (TPSA) is 57.8 Å². The minimum absolute atomic E-state index is 0.0781. The van der Waals surface area contributed by atoms with Gasteiger partial charge in [0.25, 0.3) is 5.91 Å². The Kier molecular flexibility index (Phi) is 3.08. The van der Waals surface area contributed by atoms with Gasteiger partial charge in [-0.15, -0.1) is 0 Å². The molecule has 1 aromatic carbocycles. The van der Waals surface area contributed by atoms with Gasteiger partial charge in [-0.1, -0.05) is 43.7 Å². The second-order valence-electron chi connectivity index (χ2n) is 5.88. The third-order valence-electron chi connectivity index (χ3n) is 3.69. The van der Waals surface area contributed by atoms with Gasteiger partial charge in [-0.25, -0.2) is 0 Å². The molecule has 3 rings (SSSR count). The Balaban J connectivity index is 2.03. The maximum Gasteiger partial charge on any atom is 0.272 e. The molecule has 4 heteroatoms. The van der Waals surface area contributed by atoms with Crippen molar-refractivity contribution in [3.05, 3.63) is 52.3 Å². The van der Waals surface area contributed by atoms with Crippen molar-refractivity contribution in [2.24, 2.45) is 5.92 Å². The number of carbonyl (C=O) groups is 1. The normalized spacial score (nSPS) is 17.4. The Bertz CT molecular complexity index is 640. The number of aryl methyl sites for hydroxylation is 1. The van der Waals surface area contributed by atoms with E-state index >= 15 is 0 Å². The highest BCUT2D eigenvalue weighted by Gasteiger charge is 2.35. The van der Waals surface area contributed by atoms with Gasteiger partial charge in [-0.2, -0.15) is 5.10 Å². The van der Waals surface area contributed by atoms with E-state index < -0.39 is 0 Å². The second-order valence-corrected chi connectivity index (χ2v) is 5.88. The number of carbonyl (C=O) groups excluding carboxylic acids is 1. The molecule has 1 aromatic heterocycles. The molecule has 2 heterocycles. The van der Waals surface area contributed by atoms with Crippen LogP contribution in [0, 0.1) is 12.8 Å². The van der Waals surface area contributed by atoms with Crippen molar-refractivity contribution >= 4 is 5.91 Å². The fraction of sp³-hybridized carbons (Fsp3) is 0.375. The summed E-state index contributed by atoms with van der Waals surface area (Å²) in [5, 5.41) is 10.3. The van der Waals surface area contributed by atoms with Crippen LogP contribution in [0.25, 0.3) is 0 Å². The summed E-state index contributed by atoms with van der Waals surface area (Å²) in [6, 6.07) is 8.21. The molecule has 2 aromatic rings. The van der Waals surface area contributed by atoms with E-state index in [1.54, 1.807) is 0 Å². The average molecular weight is 269 g/mol. The van der Waals surface area contributed by atoms with Crippen LogP contribution in [0.1, 0.15) is 52.8 Å². The number of nitrogens with one attached hydrogen (secondary N) is 2. The maximum absolute atomic E-state index is 12.0. The molecule has 4 nitrogen and oxygen atoms in total. The zero-order valence-electron chi connectivity index (χ0n) is 12.0. The van der Waals surface area contributed by atoms with Crippen molar-refractivity contribution in [3.8, 4) is 0 Å². The number of H-pyrrole nitrogens is 1. The van der Waals surface area contributed by atoms with Gasteiger partial charge in [0.05, 0.1) is 6.04 Å². The van der Waals surface area contributed by atoms with E-state index in [9.17, 15) is 4.79 Å². The van der Waals surface area contributed by atoms with E-state index in [1.165, 1.54) is 5.56 Å². The molecule has 1 aliphatic heterocycles. The molecule has 1 atom stereocenters. The molecule has 104 valence electrons. The molecule has 0 saturated heterocycles. The molecule has 1 amide bonds. The summed E-state index contributed by atoms with van der Waals surface area (Å²) in [5.74, 6) is 0.436. The number of amides is 1. The van der Waals surface area contributed by atoms with E-state index in [1.807, 2.05) is 0 Å². The van der Waals surface area contributed by atoms with Crippen molar-refractivity contribution < 1.29 is 4.79 Å². The van der Waals surface area contributed by atoms with Crippen molar-refractivity contribution in [3.63, 3.8) is 0 Å². The molecule has 0 fully saturated rings. The molecular weight excluding hydrogens is 250 g/mol. The highest BCUT2D eigenvalue weighted by Crippen LogP contribution is 2.33. The molecule has 0 bridgehead atoms. The third-order valence-corrected chi connectivity index (χ3v) is 3.69. The third kappa shape index (κ3) is 2.11. The van der Waals surface area contributed by atoms with Crippen LogP contribution in [0.4, 0.5) is 0 Å². The van der Waals surface area contributed by atoms with E-state index in [0.29, 0.717) is 11.6 Å². The summed E-state index contributed by atoms with van der Waals surface area (Å²) in [7, 11) is 0. The number of rotatable bonds is 3. The minimum Gasteiger partial charge on any atom is -0.340 e. The zero-order chi connectivity index (χ0) is 14.3. The van der Waals surface area contributed by atoms with Crippen LogP contribution in [0.5, 0.6) is 0 Å². The number of hydrogen-bond donors (Lipinski definition) is 2. The lowest BCUT2D eigenvalue weighted by atomic mass is 9.95. The summed E-state index contributed by atoms with van der Waals surface area (Å²) < 4.78 is 0. The van der Waals surface area contributed by atoms with Gasteiger partial charge in [0, 0.05) is 11.3 Å². The van der Waals surface area contributed by atoms with Crippen LogP contribution >= 0.6 is 0 Å². The molecule has 0 radical (unpaired) electrons. The quantitative estimate of drug-likeness (QED) is 0.900. The standard InChI is InChI=1S/C16H19N3O/c1-9(2)8-12-13-14(11-6-4-10(3)5-7-11)17-16(20)15(13)19-18-12/h4-7,9,14H,8H2,1-3H3,(H,17,20)(H,18,19). The van der Waals surface area contributed by atoms with Crippen molar-refractivity contribution in [2.75, 3.05) is 0 Å². The summed E-state index contributed by atoms with van der Waals surface area (Å²) >= 11 is 0. The van der Waals surface area contributed by atoms with Gasteiger partial charge in [-0.3, -0.25) is 9.89 Å². The Morgan fingerprint density at radius 1 is 1.25 bits per heavy atom. The van der Waals surface area contributed by atoms with Gasteiger partial charge >= 0.3 is 0 Å². The maximum atomic E-state index is 12.0. The summed E-state index contributed by atoms with van der Waals surface area (Å²) in [6.45, 7) is 6.39. The predicted molar refractivity (Wildman–Crippen MR) is 77.6 cm³/mol. The Morgan fingerprint density at radius 3 is 2.60 bits per heavy atom. The largest absolute Gasteiger partial charge is 0.340 e. The van der Waals surface area contributed by atoms with Crippen LogP contribution in [0.2, 0.25) is 0 Å². The fourth-order valence-electron chi connectivity index (χ4n) is 2.72. The van der Waals surface area contributed by atoms with Crippen LogP contribution < -0.4 is 5.32 Å². The number of aromatic amines is 1. The first-order chi connectivity index (χ1) is 9.56. The zero-order valence-corrected chi connectivity index (χ0v) is 12.0. The lowest BCUT2D eigenvalue weighted by Gasteiger charge is -2.14. The SMILES string of the molecule is Cc1ccc(C2NC(=O)c3n[nH]c(CC(C)C)c32)cc1. The van der Waals surface area contributed by atoms with Gasteiger partial charge in [0.1, 0.15) is 0 Å². The summed E-state index contributed by atoms with van der Waals surface area (Å²) in [4.78, 5) is 12.0. The van der Waals surface area contributed by atoms with Gasteiger partial charge in [0.15, 0.2) is 5.69 Å². The average Bonchev–Trinajstić information content (AvgIpc) is 2.93. The molecule has 20 heavy (non-hydrogen) atoms.